The van der Waals surface area contributed by atoms with Crippen LogP contribution < -0.4 is 0 Å². The lowest BCUT2D eigenvalue weighted by molar-refractivity contribution is 0.485. The highest BCUT2D eigenvalue weighted by molar-refractivity contribution is 7.88. The van der Waals surface area contributed by atoms with Gasteiger partial charge in [0, 0.05) is 24.0 Å². The van der Waals surface area contributed by atoms with Crippen molar-refractivity contribution < 1.29 is 21.8 Å². The van der Waals surface area contributed by atoms with Crippen molar-refractivity contribution in [1.29, 1.82) is 0 Å². The zero-order valence-electron chi connectivity index (χ0n) is 28.0. The number of benzene rings is 2. The Morgan fingerprint density at radius 1 is 0.784 bits per heavy atom. The first-order valence-corrected chi connectivity index (χ1v) is 19.9. The van der Waals surface area contributed by atoms with Crippen LogP contribution in [0.15, 0.2) is 82.4 Å². The molecule has 2 aliphatic carbocycles. The second-order valence-electron chi connectivity index (χ2n) is 13.2. The highest BCUT2D eigenvalue weighted by atomic mass is 32.3. The predicted molar refractivity (Wildman–Crippen MR) is 199 cm³/mol. The minimum Gasteiger partial charge on any atom is -0.281 e. The first kappa shape index (κ1) is 33.6. The zero-order valence-corrected chi connectivity index (χ0v) is 30.4. The summed E-state index contributed by atoms with van der Waals surface area (Å²) in [5, 5.41) is 11.5. The molecular weight excluding hydrogens is 707 g/mol. The number of halogens is 2. The number of fused-ring (bicyclic) bond motifs is 6. The van der Waals surface area contributed by atoms with Crippen LogP contribution in [0.25, 0.3) is 32.8 Å². The Morgan fingerprint density at radius 2 is 1.29 bits per heavy atom. The standard InChI is InChI=1S/C39H34F2N4O3S3/c1-23-8-12-25(13-9-23)21-44-36-29(18-27-16-17-49-38(27)36)34(42-44)31(40)6-4-3-5-7-32(41)35-30-19-28-20-33(51(46,47)48)50-39(28)37(30)45(43-35)22-26-14-10-24(2)11-15-26/h6-17,20H,3-5,18-19,21-22H2,1-2H3,(H,46,47,48)/b31-6-,32-7-. The number of hydrogen-bond donors (Lipinski definition) is 1. The molecule has 12 heteroatoms. The molecule has 8 rings (SSSR count). The summed E-state index contributed by atoms with van der Waals surface area (Å²) >= 11 is 2.62. The normalized spacial score (nSPS) is 13.8. The van der Waals surface area contributed by atoms with Gasteiger partial charge >= 0.3 is 10.1 Å². The van der Waals surface area contributed by atoms with Gasteiger partial charge in [-0.15, -0.1) is 22.7 Å². The molecule has 0 unspecified atom stereocenters. The molecule has 1 N–H and O–H groups in total. The van der Waals surface area contributed by atoms with Gasteiger partial charge in [0.2, 0.25) is 0 Å². The summed E-state index contributed by atoms with van der Waals surface area (Å²) in [6.07, 6.45) is 5.31. The lowest BCUT2D eigenvalue weighted by Gasteiger charge is -2.06. The van der Waals surface area contributed by atoms with E-state index in [-0.39, 0.29) is 15.7 Å². The third-order valence-electron chi connectivity index (χ3n) is 9.47. The number of unbranched alkanes of at least 4 members (excludes halogenated alkanes) is 2. The molecular formula is C39H34F2N4O3S3. The maximum Gasteiger partial charge on any atom is 0.304 e. The van der Waals surface area contributed by atoms with Crippen molar-refractivity contribution in [3.05, 3.63) is 134 Å². The Balaban J connectivity index is 1.00. The molecule has 0 aliphatic heterocycles. The molecule has 0 radical (unpaired) electrons. The molecule has 51 heavy (non-hydrogen) atoms. The summed E-state index contributed by atoms with van der Waals surface area (Å²) in [6.45, 7) is 4.97. The van der Waals surface area contributed by atoms with Crippen LogP contribution in [0.2, 0.25) is 0 Å². The van der Waals surface area contributed by atoms with Crippen molar-refractivity contribution in [1.82, 2.24) is 19.6 Å². The maximum absolute atomic E-state index is 15.8. The number of allylic oxidation sites excluding steroid dienone is 2. The summed E-state index contributed by atoms with van der Waals surface area (Å²) in [4.78, 5) is 1.81. The van der Waals surface area contributed by atoms with Crippen molar-refractivity contribution in [3.63, 3.8) is 0 Å². The van der Waals surface area contributed by atoms with E-state index in [9.17, 15) is 13.0 Å². The Labute approximate surface area is 303 Å². The Bertz CT molecular complexity index is 2470. The molecule has 6 aromatic rings. The molecule has 0 amide bonds. The number of thiophene rings is 2. The summed E-state index contributed by atoms with van der Waals surface area (Å²) in [6, 6.07) is 19.8. The Hall–Kier alpha value is -4.49. The van der Waals surface area contributed by atoms with Crippen molar-refractivity contribution in [2.45, 2.75) is 63.3 Å². The van der Waals surface area contributed by atoms with Crippen LogP contribution in [0.3, 0.4) is 0 Å². The van der Waals surface area contributed by atoms with Gasteiger partial charge < -0.3 is 0 Å². The molecule has 0 fully saturated rings. The fraction of sp³-hybridized carbons (Fsp3) is 0.231. The van der Waals surface area contributed by atoms with E-state index in [0.717, 1.165) is 49.7 Å². The van der Waals surface area contributed by atoms with Gasteiger partial charge in [0.25, 0.3) is 0 Å². The van der Waals surface area contributed by atoms with Gasteiger partial charge in [0.05, 0.1) is 34.2 Å². The zero-order chi connectivity index (χ0) is 35.4. The van der Waals surface area contributed by atoms with E-state index < -0.39 is 15.9 Å². The fourth-order valence-corrected chi connectivity index (χ4v) is 9.83. The summed E-state index contributed by atoms with van der Waals surface area (Å²) < 4.78 is 68.5. The van der Waals surface area contributed by atoms with Gasteiger partial charge in [-0.05, 0) is 85.0 Å². The van der Waals surface area contributed by atoms with Gasteiger partial charge in [-0.25, -0.2) is 8.78 Å². The minimum absolute atomic E-state index is 0.141. The van der Waals surface area contributed by atoms with Crippen molar-refractivity contribution in [3.8, 4) is 21.1 Å². The van der Waals surface area contributed by atoms with Gasteiger partial charge in [-0.2, -0.15) is 18.6 Å². The van der Waals surface area contributed by atoms with Crippen molar-refractivity contribution >= 4 is 44.4 Å². The Kier molecular flexibility index (Phi) is 8.74. The van der Waals surface area contributed by atoms with Gasteiger partial charge in [0.1, 0.15) is 27.3 Å². The summed E-state index contributed by atoms with van der Waals surface area (Å²) in [5.74, 6) is -0.834. The number of aromatic nitrogens is 4. The average Bonchev–Trinajstić information content (AvgIpc) is 3.92. The molecule has 0 bridgehead atoms. The van der Waals surface area contributed by atoms with E-state index in [2.05, 4.69) is 47.7 Å². The average molecular weight is 741 g/mol. The van der Waals surface area contributed by atoms with Crippen LogP contribution in [0.4, 0.5) is 8.78 Å². The first-order chi connectivity index (χ1) is 24.5. The SMILES string of the molecule is Cc1ccc(Cn2nc(/C(F)=C/CCC/C=C(\F)c3nn(Cc4ccc(C)cc4)c4c3Cc3cc(S(=O)(=O)O)sc3-4)c3c2-c2sccc2C3)cc1. The highest BCUT2D eigenvalue weighted by Gasteiger charge is 2.33. The van der Waals surface area contributed by atoms with Crippen molar-refractivity contribution in [2.75, 3.05) is 0 Å². The smallest absolute Gasteiger partial charge is 0.281 e. The topological polar surface area (TPSA) is 90.0 Å². The van der Waals surface area contributed by atoms with E-state index >= 15 is 8.78 Å². The first-order valence-electron chi connectivity index (χ1n) is 16.7. The summed E-state index contributed by atoms with van der Waals surface area (Å²) in [7, 11) is -4.37. The van der Waals surface area contributed by atoms with Crippen LogP contribution in [-0.4, -0.2) is 32.5 Å². The molecule has 0 atom stereocenters. The molecule has 2 aliphatic rings. The third-order valence-corrected chi connectivity index (χ3v) is 12.9. The molecule has 4 heterocycles. The van der Waals surface area contributed by atoms with E-state index in [4.69, 9.17) is 5.10 Å². The van der Waals surface area contributed by atoms with E-state index in [1.807, 2.05) is 35.9 Å². The fourth-order valence-electron chi connectivity index (χ4n) is 6.88. The number of rotatable bonds is 11. The highest BCUT2D eigenvalue weighted by Crippen LogP contribution is 2.47. The predicted octanol–water partition coefficient (Wildman–Crippen LogP) is 9.80. The molecule has 260 valence electrons. The van der Waals surface area contributed by atoms with Crippen LogP contribution in [0, 0.1) is 13.8 Å². The van der Waals surface area contributed by atoms with E-state index in [0.29, 0.717) is 67.0 Å². The van der Waals surface area contributed by atoms with Gasteiger partial charge in [-0.3, -0.25) is 13.9 Å². The molecule has 7 nitrogen and oxygen atoms in total. The van der Waals surface area contributed by atoms with Crippen molar-refractivity contribution in [2.24, 2.45) is 0 Å². The second kappa shape index (κ2) is 13.2. The maximum atomic E-state index is 15.8. The number of aryl methyl sites for hydroxylation is 2. The molecule has 0 saturated carbocycles. The van der Waals surface area contributed by atoms with Gasteiger partial charge in [-0.1, -0.05) is 59.7 Å². The number of hydrogen-bond acceptors (Lipinski definition) is 6. The minimum atomic E-state index is -4.37. The van der Waals surface area contributed by atoms with Crippen LogP contribution in [0.5, 0.6) is 0 Å². The van der Waals surface area contributed by atoms with Crippen LogP contribution in [0.1, 0.15) is 75.2 Å². The molecule has 4 aromatic heterocycles. The molecule has 0 spiro atoms. The Morgan fingerprint density at radius 3 is 1.82 bits per heavy atom. The monoisotopic (exact) mass is 740 g/mol. The van der Waals surface area contributed by atoms with Crippen LogP contribution >= 0.6 is 22.7 Å². The second-order valence-corrected chi connectivity index (χ2v) is 16.8. The van der Waals surface area contributed by atoms with E-state index in [1.165, 1.54) is 23.3 Å². The van der Waals surface area contributed by atoms with Crippen LogP contribution in [-0.2, 0) is 36.0 Å². The summed E-state index contributed by atoms with van der Waals surface area (Å²) in [5.41, 5.74) is 10.1. The third kappa shape index (κ3) is 6.46. The molecule has 2 aromatic carbocycles. The number of nitrogens with zero attached hydrogens (tertiary/aromatic N) is 4. The van der Waals surface area contributed by atoms with Gasteiger partial charge in [0.15, 0.2) is 0 Å². The quantitative estimate of drug-likeness (QED) is 0.105. The largest absolute Gasteiger partial charge is 0.304 e. The van der Waals surface area contributed by atoms with E-state index in [1.54, 1.807) is 22.1 Å². The lowest BCUT2D eigenvalue weighted by atomic mass is 10.1. The lowest BCUT2D eigenvalue weighted by Crippen LogP contribution is -2.04. The molecule has 0 saturated heterocycles.